The van der Waals surface area contributed by atoms with Crippen LogP contribution in [0.4, 0.5) is 0 Å². The van der Waals surface area contributed by atoms with Crippen molar-refractivity contribution in [3.05, 3.63) is 34.9 Å². The SMILES string of the molecule is CCCNCCn1ccc2ccc(Br)cc21. The molecule has 0 atom stereocenters. The minimum atomic E-state index is 1.03. The Morgan fingerprint density at radius 3 is 2.94 bits per heavy atom. The van der Waals surface area contributed by atoms with Gasteiger partial charge in [-0.05, 0) is 36.6 Å². The van der Waals surface area contributed by atoms with Gasteiger partial charge in [0.05, 0.1) is 0 Å². The van der Waals surface area contributed by atoms with Gasteiger partial charge >= 0.3 is 0 Å². The summed E-state index contributed by atoms with van der Waals surface area (Å²) < 4.78 is 3.43. The first-order valence-electron chi connectivity index (χ1n) is 5.76. The topological polar surface area (TPSA) is 17.0 Å². The van der Waals surface area contributed by atoms with Crippen LogP contribution in [0.3, 0.4) is 0 Å². The summed E-state index contributed by atoms with van der Waals surface area (Å²) in [6, 6.07) is 8.58. The van der Waals surface area contributed by atoms with E-state index in [-0.39, 0.29) is 0 Å². The molecule has 2 rings (SSSR count). The fourth-order valence-corrected chi connectivity index (χ4v) is 2.20. The predicted octanol–water partition coefficient (Wildman–Crippen LogP) is 3.40. The van der Waals surface area contributed by atoms with Crippen molar-refractivity contribution >= 4 is 26.8 Å². The Morgan fingerprint density at radius 1 is 1.25 bits per heavy atom. The second-order valence-corrected chi connectivity index (χ2v) is 4.88. The van der Waals surface area contributed by atoms with Crippen LogP contribution < -0.4 is 5.32 Å². The summed E-state index contributed by atoms with van der Waals surface area (Å²) in [6.45, 7) is 5.35. The normalized spacial score (nSPS) is 11.1. The van der Waals surface area contributed by atoms with Gasteiger partial charge in [0.25, 0.3) is 0 Å². The Labute approximate surface area is 105 Å². The van der Waals surface area contributed by atoms with Crippen LogP contribution in [0.2, 0.25) is 0 Å². The van der Waals surface area contributed by atoms with Crippen LogP contribution in [0, 0.1) is 0 Å². The standard InChI is InChI=1S/C13H17BrN2/c1-2-6-15-7-9-16-8-5-11-3-4-12(14)10-13(11)16/h3-5,8,10,15H,2,6-7,9H2,1H3. The summed E-state index contributed by atoms with van der Waals surface area (Å²) in [6.07, 6.45) is 3.35. The fraction of sp³-hybridized carbons (Fsp3) is 0.385. The highest BCUT2D eigenvalue weighted by molar-refractivity contribution is 9.10. The number of hydrogen-bond donors (Lipinski definition) is 1. The van der Waals surface area contributed by atoms with E-state index >= 15 is 0 Å². The minimum absolute atomic E-state index is 1.03. The molecular weight excluding hydrogens is 264 g/mol. The number of nitrogens with zero attached hydrogens (tertiary/aromatic N) is 1. The van der Waals surface area contributed by atoms with Crippen molar-refractivity contribution in [3.8, 4) is 0 Å². The van der Waals surface area contributed by atoms with E-state index in [0.717, 1.165) is 24.1 Å². The Kier molecular flexibility index (Phi) is 4.02. The second kappa shape index (κ2) is 5.51. The predicted molar refractivity (Wildman–Crippen MR) is 72.8 cm³/mol. The largest absolute Gasteiger partial charge is 0.346 e. The van der Waals surface area contributed by atoms with Gasteiger partial charge in [-0.3, -0.25) is 0 Å². The van der Waals surface area contributed by atoms with Gasteiger partial charge in [-0.2, -0.15) is 0 Å². The van der Waals surface area contributed by atoms with E-state index in [1.807, 2.05) is 0 Å². The number of halogens is 1. The lowest BCUT2D eigenvalue weighted by atomic mass is 10.2. The zero-order valence-electron chi connectivity index (χ0n) is 9.54. The molecule has 1 N–H and O–H groups in total. The zero-order chi connectivity index (χ0) is 11.4. The van der Waals surface area contributed by atoms with Crippen LogP contribution in [0.15, 0.2) is 34.9 Å². The van der Waals surface area contributed by atoms with Gasteiger partial charge in [-0.25, -0.2) is 0 Å². The number of rotatable bonds is 5. The van der Waals surface area contributed by atoms with Crippen molar-refractivity contribution < 1.29 is 0 Å². The number of fused-ring (bicyclic) bond motifs is 1. The van der Waals surface area contributed by atoms with Gasteiger partial charge in [-0.1, -0.05) is 28.9 Å². The molecule has 1 aromatic carbocycles. The maximum atomic E-state index is 3.52. The molecule has 3 heteroatoms. The van der Waals surface area contributed by atoms with Crippen LogP contribution in [-0.4, -0.2) is 17.7 Å². The van der Waals surface area contributed by atoms with Gasteiger partial charge in [0.1, 0.15) is 0 Å². The maximum absolute atomic E-state index is 3.52. The van der Waals surface area contributed by atoms with E-state index in [2.05, 4.69) is 63.2 Å². The van der Waals surface area contributed by atoms with Crippen molar-refractivity contribution in [1.82, 2.24) is 9.88 Å². The molecule has 0 spiro atoms. The van der Waals surface area contributed by atoms with Crippen molar-refractivity contribution in [2.75, 3.05) is 13.1 Å². The molecule has 2 aromatic rings. The Morgan fingerprint density at radius 2 is 2.12 bits per heavy atom. The number of hydrogen-bond acceptors (Lipinski definition) is 1. The Hall–Kier alpha value is -0.800. The molecule has 16 heavy (non-hydrogen) atoms. The fourth-order valence-electron chi connectivity index (χ4n) is 1.85. The van der Waals surface area contributed by atoms with Gasteiger partial charge in [-0.15, -0.1) is 0 Å². The van der Waals surface area contributed by atoms with Crippen LogP contribution >= 0.6 is 15.9 Å². The first-order chi connectivity index (χ1) is 7.81. The van der Waals surface area contributed by atoms with Crippen LogP contribution in [-0.2, 0) is 6.54 Å². The molecule has 0 saturated carbocycles. The summed E-state index contributed by atoms with van der Waals surface area (Å²) in [4.78, 5) is 0. The van der Waals surface area contributed by atoms with Crippen LogP contribution in [0.25, 0.3) is 10.9 Å². The van der Waals surface area contributed by atoms with E-state index in [1.54, 1.807) is 0 Å². The van der Waals surface area contributed by atoms with Crippen LogP contribution in [0.5, 0.6) is 0 Å². The molecule has 0 aliphatic rings. The van der Waals surface area contributed by atoms with Crippen molar-refractivity contribution in [3.63, 3.8) is 0 Å². The van der Waals surface area contributed by atoms with E-state index in [9.17, 15) is 0 Å². The lowest BCUT2D eigenvalue weighted by Crippen LogP contribution is -2.20. The number of nitrogens with one attached hydrogen (secondary N) is 1. The summed E-state index contributed by atoms with van der Waals surface area (Å²) in [5.74, 6) is 0. The monoisotopic (exact) mass is 280 g/mol. The highest BCUT2D eigenvalue weighted by Gasteiger charge is 2.00. The third-order valence-corrected chi connectivity index (χ3v) is 3.19. The van der Waals surface area contributed by atoms with Gasteiger partial charge < -0.3 is 9.88 Å². The molecule has 0 radical (unpaired) electrons. The van der Waals surface area contributed by atoms with Crippen molar-refractivity contribution in [2.24, 2.45) is 0 Å². The van der Waals surface area contributed by atoms with Gasteiger partial charge in [0, 0.05) is 29.3 Å². The third-order valence-electron chi connectivity index (χ3n) is 2.69. The Bertz CT molecular complexity index is 462. The lowest BCUT2D eigenvalue weighted by Gasteiger charge is -2.06. The lowest BCUT2D eigenvalue weighted by molar-refractivity contribution is 0.604. The molecule has 86 valence electrons. The van der Waals surface area contributed by atoms with E-state index < -0.39 is 0 Å². The summed E-state index contributed by atoms with van der Waals surface area (Å²) in [5, 5.41) is 4.72. The molecule has 1 aromatic heterocycles. The first kappa shape index (κ1) is 11.7. The molecule has 0 bridgehead atoms. The van der Waals surface area contributed by atoms with Gasteiger partial charge in [0.2, 0.25) is 0 Å². The summed E-state index contributed by atoms with van der Waals surface area (Å²) in [5.41, 5.74) is 1.30. The highest BCUT2D eigenvalue weighted by Crippen LogP contribution is 2.20. The Balaban J connectivity index is 2.09. The molecule has 0 fully saturated rings. The highest BCUT2D eigenvalue weighted by atomic mass is 79.9. The molecule has 0 unspecified atom stereocenters. The van der Waals surface area contributed by atoms with E-state index in [1.165, 1.54) is 17.3 Å². The number of aromatic nitrogens is 1. The smallest absolute Gasteiger partial charge is 0.0492 e. The van der Waals surface area contributed by atoms with Crippen LogP contribution in [0.1, 0.15) is 13.3 Å². The van der Waals surface area contributed by atoms with Gasteiger partial charge in [0.15, 0.2) is 0 Å². The molecule has 0 aliphatic carbocycles. The average molecular weight is 281 g/mol. The zero-order valence-corrected chi connectivity index (χ0v) is 11.1. The summed E-state index contributed by atoms with van der Waals surface area (Å²) in [7, 11) is 0. The molecule has 2 nitrogen and oxygen atoms in total. The van der Waals surface area contributed by atoms with Crippen molar-refractivity contribution in [2.45, 2.75) is 19.9 Å². The minimum Gasteiger partial charge on any atom is -0.346 e. The first-order valence-corrected chi connectivity index (χ1v) is 6.55. The molecule has 0 saturated heterocycles. The molecular formula is C13H17BrN2. The third kappa shape index (κ3) is 2.66. The molecule has 0 aliphatic heterocycles. The summed E-state index contributed by atoms with van der Waals surface area (Å²) >= 11 is 3.52. The van der Waals surface area contributed by atoms with E-state index in [4.69, 9.17) is 0 Å². The second-order valence-electron chi connectivity index (χ2n) is 3.96. The molecule has 0 amide bonds. The average Bonchev–Trinajstić information content (AvgIpc) is 2.67. The number of benzene rings is 1. The van der Waals surface area contributed by atoms with E-state index in [0.29, 0.717) is 0 Å². The maximum Gasteiger partial charge on any atom is 0.0492 e. The van der Waals surface area contributed by atoms with Crippen molar-refractivity contribution in [1.29, 1.82) is 0 Å². The molecule has 1 heterocycles. The quantitative estimate of drug-likeness (QED) is 0.831.